The number of hydrogen-bond acceptors (Lipinski definition) is 2. The fraction of sp³-hybridized carbons (Fsp3) is 0.462. The summed E-state index contributed by atoms with van der Waals surface area (Å²) in [6.07, 6.45) is -0.621. The number of rotatable bonds is 6. The van der Waals surface area contributed by atoms with Crippen molar-refractivity contribution < 1.29 is 14.6 Å². The van der Waals surface area contributed by atoms with Crippen LogP contribution in [0.25, 0.3) is 0 Å². The molecule has 0 radical (unpaired) electrons. The average molecular weight is 291 g/mol. The lowest BCUT2D eigenvalue weighted by Gasteiger charge is -2.15. The smallest absolute Gasteiger partial charge is 0.333 e. The second-order valence-electron chi connectivity index (χ2n) is 4.54. The lowest BCUT2D eigenvalue weighted by Crippen LogP contribution is -2.28. The molecule has 1 atom stereocenters. The molecule has 100 valence electrons. The molecular formula is C13H16Cl2O3. The van der Waals surface area contributed by atoms with Gasteiger partial charge in [-0.3, -0.25) is 0 Å². The Balaban J connectivity index is 2.73. The van der Waals surface area contributed by atoms with Crippen molar-refractivity contribution in [1.82, 2.24) is 0 Å². The second-order valence-corrected chi connectivity index (χ2v) is 5.41. The van der Waals surface area contributed by atoms with E-state index in [-0.39, 0.29) is 12.3 Å². The van der Waals surface area contributed by atoms with Gasteiger partial charge in [-0.1, -0.05) is 37.0 Å². The van der Waals surface area contributed by atoms with Gasteiger partial charge in [0.15, 0.2) is 6.10 Å². The number of carbonyl (C=O) groups is 1. The molecule has 0 aromatic heterocycles. The van der Waals surface area contributed by atoms with E-state index in [0.29, 0.717) is 16.7 Å². The second kappa shape index (κ2) is 6.98. The highest BCUT2D eigenvalue weighted by Crippen LogP contribution is 2.20. The van der Waals surface area contributed by atoms with Crippen molar-refractivity contribution in [2.75, 3.05) is 6.61 Å². The third-order valence-corrected chi connectivity index (χ3v) is 2.69. The fourth-order valence-electron chi connectivity index (χ4n) is 1.47. The Kier molecular flexibility index (Phi) is 5.93. The maximum Gasteiger partial charge on any atom is 0.333 e. The highest BCUT2D eigenvalue weighted by molar-refractivity contribution is 6.34. The van der Waals surface area contributed by atoms with Crippen LogP contribution in [0.5, 0.6) is 0 Å². The van der Waals surface area contributed by atoms with Gasteiger partial charge in [0.05, 0.1) is 6.61 Å². The van der Waals surface area contributed by atoms with Crippen LogP contribution in [-0.4, -0.2) is 23.8 Å². The summed E-state index contributed by atoms with van der Waals surface area (Å²) in [5.74, 6) is -0.693. The Morgan fingerprint density at radius 3 is 2.28 bits per heavy atom. The number of benzene rings is 1. The summed E-state index contributed by atoms with van der Waals surface area (Å²) in [5, 5.41) is 10.1. The third kappa shape index (κ3) is 5.25. The van der Waals surface area contributed by atoms with Gasteiger partial charge in [-0.05, 0) is 29.7 Å². The minimum atomic E-state index is -0.980. The van der Waals surface area contributed by atoms with Crippen LogP contribution in [0.1, 0.15) is 19.4 Å². The predicted octanol–water partition coefficient (Wildman–Crippen LogP) is 3.66. The first kappa shape index (κ1) is 15.3. The zero-order chi connectivity index (χ0) is 13.7. The van der Waals surface area contributed by atoms with Crippen molar-refractivity contribution in [3.8, 4) is 0 Å². The number of carboxylic acids is 1. The molecule has 0 fully saturated rings. The molecule has 0 spiro atoms. The number of aliphatic carboxylic acids is 1. The number of ether oxygens (including phenoxy) is 1. The van der Waals surface area contributed by atoms with E-state index in [9.17, 15) is 4.79 Å². The summed E-state index contributed by atoms with van der Waals surface area (Å²) >= 11 is 11.7. The maximum absolute atomic E-state index is 11.1. The summed E-state index contributed by atoms with van der Waals surface area (Å²) in [5.41, 5.74) is 0.753. The number of halogens is 2. The van der Waals surface area contributed by atoms with Gasteiger partial charge in [-0.25, -0.2) is 4.79 Å². The van der Waals surface area contributed by atoms with Crippen molar-refractivity contribution in [1.29, 1.82) is 0 Å². The lowest BCUT2D eigenvalue weighted by atomic mass is 10.1. The molecule has 0 saturated heterocycles. The first-order valence-electron chi connectivity index (χ1n) is 5.68. The molecular weight excluding hydrogens is 275 g/mol. The quantitative estimate of drug-likeness (QED) is 0.870. The molecule has 5 heteroatoms. The molecule has 0 aliphatic heterocycles. The Hall–Kier alpha value is -0.770. The van der Waals surface area contributed by atoms with E-state index in [2.05, 4.69) is 0 Å². The van der Waals surface area contributed by atoms with Crippen molar-refractivity contribution in [2.24, 2.45) is 5.92 Å². The molecule has 1 aromatic rings. The molecule has 1 N–H and O–H groups in total. The summed E-state index contributed by atoms with van der Waals surface area (Å²) in [6, 6.07) is 5.00. The van der Waals surface area contributed by atoms with E-state index in [1.54, 1.807) is 18.2 Å². The molecule has 0 saturated carbocycles. The SMILES string of the molecule is CC(C)CO[C@H](Cc1cc(Cl)cc(Cl)c1)C(=O)O. The Morgan fingerprint density at radius 1 is 1.28 bits per heavy atom. The van der Waals surface area contributed by atoms with Gasteiger partial charge in [0, 0.05) is 16.5 Å². The van der Waals surface area contributed by atoms with Gasteiger partial charge in [0.25, 0.3) is 0 Å². The van der Waals surface area contributed by atoms with Gasteiger partial charge in [-0.15, -0.1) is 0 Å². The molecule has 0 amide bonds. The maximum atomic E-state index is 11.1. The lowest BCUT2D eigenvalue weighted by molar-refractivity contribution is -0.150. The molecule has 1 aromatic carbocycles. The monoisotopic (exact) mass is 290 g/mol. The first-order valence-corrected chi connectivity index (χ1v) is 6.43. The molecule has 18 heavy (non-hydrogen) atoms. The van der Waals surface area contributed by atoms with Gasteiger partial charge < -0.3 is 9.84 Å². The first-order chi connectivity index (χ1) is 8.38. The molecule has 0 aliphatic carbocycles. The Labute approximate surface area is 117 Å². The van der Waals surface area contributed by atoms with Crippen LogP contribution < -0.4 is 0 Å². The van der Waals surface area contributed by atoms with Gasteiger partial charge in [0.1, 0.15) is 0 Å². The summed E-state index contributed by atoms with van der Waals surface area (Å²) in [7, 11) is 0. The van der Waals surface area contributed by atoms with Crippen molar-refractivity contribution in [3.05, 3.63) is 33.8 Å². The van der Waals surface area contributed by atoms with Gasteiger partial charge in [0.2, 0.25) is 0 Å². The zero-order valence-corrected chi connectivity index (χ0v) is 11.8. The van der Waals surface area contributed by atoms with Crippen LogP contribution >= 0.6 is 23.2 Å². The standard InChI is InChI=1S/C13H16Cl2O3/c1-8(2)7-18-12(13(16)17)5-9-3-10(14)6-11(15)4-9/h3-4,6,8,12H,5,7H2,1-2H3,(H,16,17)/t12-/m1/s1. The minimum Gasteiger partial charge on any atom is -0.479 e. The topological polar surface area (TPSA) is 46.5 Å². The van der Waals surface area contributed by atoms with Gasteiger partial charge >= 0.3 is 5.97 Å². The largest absolute Gasteiger partial charge is 0.479 e. The number of carboxylic acid groups (broad SMARTS) is 1. The van der Waals surface area contributed by atoms with E-state index in [4.69, 9.17) is 33.0 Å². The third-order valence-electron chi connectivity index (χ3n) is 2.25. The van der Waals surface area contributed by atoms with Crippen LogP contribution in [0.2, 0.25) is 10.0 Å². The average Bonchev–Trinajstić information content (AvgIpc) is 2.22. The molecule has 3 nitrogen and oxygen atoms in total. The summed E-state index contributed by atoms with van der Waals surface area (Å²) < 4.78 is 5.36. The molecule has 0 unspecified atom stereocenters. The Morgan fingerprint density at radius 2 is 1.83 bits per heavy atom. The fourth-order valence-corrected chi connectivity index (χ4v) is 2.04. The van der Waals surface area contributed by atoms with Crippen LogP contribution in [0.3, 0.4) is 0 Å². The molecule has 0 aliphatic rings. The van der Waals surface area contributed by atoms with E-state index in [0.717, 1.165) is 5.56 Å². The number of hydrogen-bond donors (Lipinski definition) is 1. The van der Waals surface area contributed by atoms with E-state index < -0.39 is 12.1 Å². The van der Waals surface area contributed by atoms with E-state index >= 15 is 0 Å². The summed E-state index contributed by atoms with van der Waals surface area (Å²) in [6.45, 7) is 4.34. The van der Waals surface area contributed by atoms with Crippen LogP contribution in [-0.2, 0) is 16.0 Å². The Bertz CT molecular complexity index is 398. The zero-order valence-electron chi connectivity index (χ0n) is 10.3. The van der Waals surface area contributed by atoms with E-state index in [1.165, 1.54) is 0 Å². The molecule has 0 bridgehead atoms. The van der Waals surface area contributed by atoms with E-state index in [1.807, 2.05) is 13.8 Å². The minimum absolute atomic E-state index is 0.252. The van der Waals surface area contributed by atoms with Gasteiger partial charge in [-0.2, -0.15) is 0 Å². The highest BCUT2D eigenvalue weighted by atomic mass is 35.5. The van der Waals surface area contributed by atoms with Crippen LogP contribution in [0, 0.1) is 5.92 Å². The molecule has 0 heterocycles. The van der Waals surface area contributed by atoms with Crippen LogP contribution in [0.15, 0.2) is 18.2 Å². The highest BCUT2D eigenvalue weighted by Gasteiger charge is 2.19. The van der Waals surface area contributed by atoms with Crippen molar-refractivity contribution in [3.63, 3.8) is 0 Å². The van der Waals surface area contributed by atoms with Crippen molar-refractivity contribution >= 4 is 29.2 Å². The predicted molar refractivity (Wildman–Crippen MR) is 72.4 cm³/mol. The van der Waals surface area contributed by atoms with Crippen molar-refractivity contribution in [2.45, 2.75) is 26.4 Å². The normalized spacial score (nSPS) is 12.7. The summed E-state index contributed by atoms with van der Waals surface area (Å²) in [4.78, 5) is 11.1. The molecule has 1 rings (SSSR count). The van der Waals surface area contributed by atoms with Crippen LogP contribution in [0.4, 0.5) is 0 Å².